The Morgan fingerprint density at radius 1 is 0.647 bits per heavy atom. The minimum absolute atomic E-state index is 0.161. The molecule has 0 aliphatic carbocycles. The molecule has 0 saturated heterocycles. The number of aromatic hydroxyl groups is 2. The number of benzene rings is 3. The predicted octanol–water partition coefficient (Wildman–Crippen LogP) is 5.40. The summed E-state index contributed by atoms with van der Waals surface area (Å²) in [4.78, 5) is 17.8. The van der Waals surface area contributed by atoms with Crippen LogP contribution in [-0.2, 0) is 0 Å². The second-order valence-corrected chi connectivity index (χ2v) is 7.84. The van der Waals surface area contributed by atoms with E-state index in [-0.39, 0.29) is 11.5 Å². The summed E-state index contributed by atoms with van der Waals surface area (Å²) in [6.45, 7) is 0.938. The summed E-state index contributed by atoms with van der Waals surface area (Å²) < 4.78 is 0. The molecule has 0 fully saturated rings. The smallest absolute Gasteiger partial charge is 0.124 e. The molecule has 6 heteroatoms. The summed E-state index contributed by atoms with van der Waals surface area (Å²) in [5.74, 6) is 0.360. The number of aliphatic imine (C=N–C) groups is 2. The van der Waals surface area contributed by atoms with E-state index in [0.29, 0.717) is 24.2 Å². The Bertz CT molecular complexity index is 1540. The lowest BCUT2D eigenvalue weighted by Crippen LogP contribution is -1.92. The van der Waals surface area contributed by atoms with Crippen LogP contribution in [0.2, 0.25) is 0 Å². The third kappa shape index (κ3) is 4.47. The van der Waals surface area contributed by atoms with Gasteiger partial charge in [0.1, 0.15) is 11.5 Å². The number of phenols is 2. The van der Waals surface area contributed by atoms with Crippen LogP contribution in [0, 0.1) is 0 Å². The standard InChI is InChI=1S/C28H22N4O2/c33-25-6-2-1-4-22(25)16-29-12-13-30-17-24-14-20(9-10-26(24)34)23-15-21-8-7-19-5-3-11-31-27(19)28(21)32-18-23/h1-11,14-18,33-34H,12-13H2/b29-16+,30-17+. The van der Waals surface area contributed by atoms with Gasteiger partial charge in [-0.25, -0.2) is 0 Å². The molecule has 2 N–H and O–H groups in total. The van der Waals surface area contributed by atoms with Crippen LogP contribution in [0.15, 0.2) is 95.2 Å². The van der Waals surface area contributed by atoms with Gasteiger partial charge in [0.05, 0.1) is 24.1 Å². The third-order valence-electron chi connectivity index (χ3n) is 5.54. The summed E-state index contributed by atoms with van der Waals surface area (Å²) in [5, 5.41) is 22.1. The van der Waals surface area contributed by atoms with Crippen molar-refractivity contribution in [3.8, 4) is 22.6 Å². The molecule has 34 heavy (non-hydrogen) atoms. The molecule has 0 amide bonds. The van der Waals surface area contributed by atoms with Crippen LogP contribution in [0.25, 0.3) is 32.9 Å². The van der Waals surface area contributed by atoms with Crippen LogP contribution in [0.3, 0.4) is 0 Å². The molecule has 6 nitrogen and oxygen atoms in total. The van der Waals surface area contributed by atoms with Gasteiger partial charge in [-0.05, 0) is 42.0 Å². The maximum absolute atomic E-state index is 10.3. The van der Waals surface area contributed by atoms with Crippen molar-refractivity contribution in [2.75, 3.05) is 13.1 Å². The van der Waals surface area contributed by atoms with Gasteiger partial charge in [0, 0.05) is 52.3 Å². The summed E-state index contributed by atoms with van der Waals surface area (Å²) in [6, 6.07) is 22.6. The average molecular weight is 447 g/mol. The average Bonchev–Trinajstić information content (AvgIpc) is 2.87. The summed E-state index contributed by atoms with van der Waals surface area (Å²) >= 11 is 0. The Balaban J connectivity index is 1.32. The summed E-state index contributed by atoms with van der Waals surface area (Å²) in [7, 11) is 0. The van der Waals surface area contributed by atoms with E-state index >= 15 is 0 Å². The fraction of sp³-hybridized carbons (Fsp3) is 0.0714. The Kier molecular flexibility index (Phi) is 5.95. The van der Waals surface area contributed by atoms with E-state index in [0.717, 1.165) is 32.9 Å². The number of aromatic nitrogens is 2. The van der Waals surface area contributed by atoms with Gasteiger partial charge in [0.25, 0.3) is 0 Å². The second kappa shape index (κ2) is 9.50. The van der Waals surface area contributed by atoms with Crippen molar-refractivity contribution in [3.05, 3.63) is 96.3 Å². The summed E-state index contributed by atoms with van der Waals surface area (Å²) in [5.41, 5.74) is 4.94. The molecule has 0 saturated carbocycles. The molecule has 5 aromatic rings. The third-order valence-corrected chi connectivity index (χ3v) is 5.54. The summed E-state index contributed by atoms with van der Waals surface area (Å²) in [6.07, 6.45) is 6.89. The van der Waals surface area contributed by atoms with Gasteiger partial charge in [0.15, 0.2) is 0 Å². The Labute approximate surface area is 196 Å². The van der Waals surface area contributed by atoms with E-state index in [2.05, 4.69) is 26.0 Å². The number of nitrogens with zero attached hydrogens (tertiary/aromatic N) is 4. The molecule has 5 rings (SSSR count). The normalized spacial score (nSPS) is 11.8. The topological polar surface area (TPSA) is 91.0 Å². The molecule has 3 aromatic carbocycles. The molecule has 0 bridgehead atoms. The van der Waals surface area contributed by atoms with Gasteiger partial charge in [-0.15, -0.1) is 0 Å². The first kappa shape index (κ1) is 21.3. The second-order valence-electron chi connectivity index (χ2n) is 7.84. The number of fused-ring (bicyclic) bond motifs is 3. The molecule has 166 valence electrons. The van der Waals surface area contributed by atoms with Gasteiger partial charge in [-0.1, -0.05) is 36.4 Å². The van der Waals surface area contributed by atoms with Crippen molar-refractivity contribution in [2.45, 2.75) is 0 Å². The molecule has 2 heterocycles. The minimum Gasteiger partial charge on any atom is -0.507 e. The Morgan fingerprint density at radius 3 is 2.24 bits per heavy atom. The number of rotatable bonds is 6. The van der Waals surface area contributed by atoms with E-state index in [1.165, 1.54) is 0 Å². The first-order chi connectivity index (χ1) is 16.7. The first-order valence-electron chi connectivity index (χ1n) is 10.9. The highest BCUT2D eigenvalue weighted by molar-refractivity contribution is 6.03. The fourth-order valence-electron chi connectivity index (χ4n) is 3.77. The van der Waals surface area contributed by atoms with Crippen LogP contribution >= 0.6 is 0 Å². The van der Waals surface area contributed by atoms with Gasteiger partial charge in [-0.3, -0.25) is 20.0 Å². The monoisotopic (exact) mass is 446 g/mol. The molecule has 0 radical (unpaired) electrons. The SMILES string of the molecule is Oc1ccccc1/C=N/CC/N=C/c1cc(-c2cnc3c(ccc4cccnc43)c2)ccc1O. The van der Waals surface area contributed by atoms with E-state index < -0.39 is 0 Å². The number of hydrogen-bond donors (Lipinski definition) is 2. The van der Waals surface area contributed by atoms with Crippen molar-refractivity contribution in [2.24, 2.45) is 9.98 Å². The number of phenolic OH excluding ortho intramolecular Hbond substituents is 2. The van der Waals surface area contributed by atoms with Crippen molar-refractivity contribution < 1.29 is 10.2 Å². The van der Waals surface area contributed by atoms with Gasteiger partial charge >= 0.3 is 0 Å². The zero-order valence-electron chi connectivity index (χ0n) is 18.3. The Hall–Kier alpha value is -4.58. The zero-order chi connectivity index (χ0) is 23.3. The fourth-order valence-corrected chi connectivity index (χ4v) is 3.77. The first-order valence-corrected chi connectivity index (χ1v) is 10.9. The van der Waals surface area contributed by atoms with Crippen molar-refractivity contribution in [1.82, 2.24) is 9.97 Å². The maximum Gasteiger partial charge on any atom is 0.124 e. The highest BCUT2D eigenvalue weighted by Crippen LogP contribution is 2.29. The lowest BCUT2D eigenvalue weighted by Gasteiger charge is -2.07. The molecule has 0 aliphatic heterocycles. The van der Waals surface area contributed by atoms with E-state index in [1.807, 2.05) is 48.7 Å². The zero-order valence-corrected chi connectivity index (χ0v) is 18.3. The van der Waals surface area contributed by atoms with Crippen LogP contribution in [0.4, 0.5) is 0 Å². The minimum atomic E-state index is 0.161. The lowest BCUT2D eigenvalue weighted by atomic mass is 10.0. The Morgan fingerprint density at radius 2 is 1.38 bits per heavy atom. The molecule has 0 spiro atoms. The molecule has 2 aromatic heterocycles. The van der Waals surface area contributed by atoms with Crippen molar-refractivity contribution >= 4 is 34.2 Å². The maximum atomic E-state index is 10.3. The lowest BCUT2D eigenvalue weighted by molar-refractivity contribution is 0.474. The number of para-hydroxylation sites is 1. The van der Waals surface area contributed by atoms with Crippen molar-refractivity contribution in [1.29, 1.82) is 0 Å². The number of pyridine rings is 2. The molecule has 0 unspecified atom stereocenters. The quantitative estimate of drug-likeness (QED) is 0.208. The van der Waals surface area contributed by atoms with E-state index in [1.54, 1.807) is 42.9 Å². The van der Waals surface area contributed by atoms with Crippen LogP contribution < -0.4 is 0 Å². The predicted molar refractivity (Wildman–Crippen MR) is 137 cm³/mol. The van der Waals surface area contributed by atoms with Gasteiger partial charge in [-0.2, -0.15) is 0 Å². The number of hydrogen-bond acceptors (Lipinski definition) is 6. The van der Waals surface area contributed by atoms with Crippen molar-refractivity contribution in [3.63, 3.8) is 0 Å². The molecule has 0 atom stereocenters. The highest BCUT2D eigenvalue weighted by Gasteiger charge is 2.07. The van der Waals surface area contributed by atoms with Crippen LogP contribution in [0.5, 0.6) is 11.5 Å². The van der Waals surface area contributed by atoms with Gasteiger partial charge < -0.3 is 10.2 Å². The highest BCUT2D eigenvalue weighted by atomic mass is 16.3. The molecule has 0 aliphatic rings. The molecular formula is C28H22N4O2. The van der Waals surface area contributed by atoms with Crippen LogP contribution in [-0.4, -0.2) is 45.7 Å². The molecular weight excluding hydrogens is 424 g/mol. The van der Waals surface area contributed by atoms with E-state index in [4.69, 9.17) is 0 Å². The largest absolute Gasteiger partial charge is 0.507 e. The van der Waals surface area contributed by atoms with E-state index in [9.17, 15) is 10.2 Å². The van der Waals surface area contributed by atoms with Crippen LogP contribution in [0.1, 0.15) is 11.1 Å². The van der Waals surface area contributed by atoms with Gasteiger partial charge in [0.2, 0.25) is 0 Å².